The molecule has 0 aliphatic heterocycles. The third-order valence-corrected chi connectivity index (χ3v) is 3.43. The molecule has 6 nitrogen and oxygen atoms in total. The predicted octanol–water partition coefficient (Wildman–Crippen LogP) is 1.94. The zero-order valence-corrected chi connectivity index (χ0v) is 13.6. The highest BCUT2D eigenvalue weighted by Gasteiger charge is 2.09. The van der Waals surface area contributed by atoms with Crippen LogP contribution in [-0.4, -0.2) is 41.6 Å². The van der Waals surface area contributed by atoms with Crippen molar-refractivity contribution in [3.8, 4) is 0 Å². The van der Waals surface area contributed by atoms with Gasteiger partial charge in [-0.25, -0.2) is 0 Å². The molecule has 0 radical (unpaired) electrons. The van der Waals surface area contributed by atoms with Gasteiger partial charge in [0.25, 0.3) is 0 Å². The van der Waals surface area contributed by atoms with Gasteiger partial charge in [-0.05, 0) is 25.0 Å². The van der Waals surface area contributed by atoms with E-state index in [0.717, 1.165) is 12.5 Å². The molecule has 2 aromatic rings. The molecule has 6 heteroatoms. The molecule has 1 heterocycles. The van der Waals surface area contributed by atoms with E-state index in [4.69, 9.17) is 4.52 Å². The fourth-order valence-electron chi connectivity index (χ4n) is 2.23. The molecule has 1 aromatic carbocycles. The van der Waals surface area contributed by atoms with Crippen LogP contribution in [0.15, 0.2) is 33.8 Å². The number of benzene rings is 1. The predicted molar refractivity (Wildman–Crippen MR) is 86.7 cm³/mol. The summed E-state index contributed by atoms with van der Waals surface area (Å²) in [6, 6.07) is 8.38. The van der Waals surface area contributed by atoms with E-state index in [0.29, 0.717) is 24.7 Å². The molecule has 0 spiro atoms. The van der Waals surface area contributed by atoms with Gasteiger partial charge in [0.2, 0.25) is 5.89 Å². The highest BCUT2D eigenvalue weighted by molar-refractivity contribution is 5.79. The molecule has 22 heavy (non-hydrogen) atoms. The van der Waals surface area contributed by atoms with Crippen molar-refractivity contribution in [3.63, 3.8) is 0 Å². The lowest BCUT2D eigenvalue weighted by Crippen LogP contribution is -2.39. The van der Waals surface area contributed by atoms with E-state index < -0.39 is 0 Å². The zero-order chi connectivity index (χ0) is 15.9. The molecule has 0 saturated heterocycles. The topological polar surface area (TPSA) is 66.5 Å². The van der Waals surface area contributed by atoms with Crippen molar-refractivity contribution in [2.75, 3.05) is 20.6 Å². The summed E-state index contributed by atoms with van der Waals surface area (Å²) < 4.78 is 5.10. The first kappa shape index (κ1) is 16.0. The first-order valence-electron chi connectivity index (χ1n) is 7.35. The second kappa shape index (κ2) is 7.59. The van der Waals surface area contributed by atoms with Gasteiger partial charge in [0.05, 0.1) is 0 Å². The van der Waals surface area contributed by atoms with E-state index in [-0.39, 0.29) is 0 Å². The molecular weight excluding hydrogens is 278 g/mol. The average Bonchev–Trinajstić information content (AvgIpc) is 2.91. The Morgan fingerprint density at radius 2 is 2.09 bits per heavy atom. The van der Waals surface area contributed by atoms with Gasteiger partial charge >= 0.3 is 0 Å². The Hall–Kier alpha value is -2.37. The van der Waals surface area contributed by atoms with E-state index in [1.807, 2.05) is 14.0 Å². The van der Waals surface area contributed by atoms with Crippen molar-refractivity contribution in [2.45, 2.75) is 26.8 Å². The highest BCUT2D eigenvalue weighted by atomic mass is 16.5. The smallest absolute Gasteiger partial charge is 0.228 e. The molecule has 0 atom stereocenters. The Bertz CT molecular complexity index is 635. The van der Waals surface area contributed by atoms with E-state index in [1.165, 1.54) is 11.1 Å². The van der Waals surface area contributed by atoms with Crippen LogP contribution in [0.3, 0.4) is 0 Å². The Labute approximate surface area is 131 Å². The van der Waals surface area contributed by atoms with Gasteiger partial charge in [-0.2, -0.15) is 4.98 Å². The van der Waals surface area contributed by atoms with Gasteiger partial charge < -0.3 is 14.7 Å². The van der Waals surface area contributed by atoms with Crippen LogP contribution < -0.4 is 5.32 Å². The van der Waals surface area contributed by atoms with Crippen molar-refractivity contribution in [3.05, 3.63) is 47.1 Å². The first-order chi connectivity index (χ1) is 10.6. The second-order valence-electron chi connectivity index (χ2n) is 5.24. The minimum atomic E-state index is 0.641. The standard InChI is InChI=1S/C16H23N5O/c1-12-7-5-6-8-14(12)11-21(4)16(17-3)18-10-9-15-19-13(2)20-22-15/h5-8H,9-11H2,1-4H3,(H,17,18). The number of hydrogen-bond donors (Lipinski definition) is 1. The minimum Gasteiger partial charge on any atom is -0.356 e. The third kappa shape index (κ3) is 4.31. The summed E-state index contributed by atoms with van der Waals surface area (Å²) in [7, 11) is 3.81. The minimum absolute atomic E-state index is 0.641. The van der Waals surface area contributed by atoms with Crippen molar-refractivity contribution in [1.29, 1.82) is 0 Å². The zero-order valence-electron chi connectivity index (χ0n) is 13.6. The molecular formula is C16H23N5O. The molecule has 0 amide bonds. The highest BCUT2D eigenvalue weighted by Crippen LogP contribution is 2.09. The van der Waals surface area contributed by atoms with Crippen LogP contribution in [-0.2, 0) is 13.0 Å². The molecule has 0 aliphatic rings. The van der Waals surface area contributed by atoms with E-state index in [1.54, 1.807) is 7.05 Å². The lowest BCUT2D eigenvalue weighted by atomic mass is 10.1. The van der Waals surface area contributed by atoms with Gasteiger partial charge in [0, 0.05) is 33.6 Å². The number of rotatable bonds is 5. The first-order valence-corrected chi connectivity index (χ1v) is 7.35. The Balaban J connectivity index is 1.87. The van der Waals surface area contributed by atoms with Crippen LogP contribution in [0.1, 0.15) is 22.8 Å². The van der Waals surface area contributed by atoms with Crippen LogP contribution in [0.4, 0.5) is 0 Å². The van der Waals surface area contributed by atoms with E-state index >= 15 is 0 Å². The van der Waals surface area contributed by atoms with Crippen molar-refractivity contribution < 1.29 is 4.52 Å². The number of aryl methyl sites for hydroxylation is 2. The summed E-state index contributed by atoms with van der Waals surface area (Å²) in [5, 5.41) is 7.10. The molecule has 118 valence electrons. The monoisotopic (exact) mass is 301 g/mol. The van der Waals surface area contributed by atoms with Crippen molar-refractivity contribution in [1.82, 2.24) is 20.4 Å². The molecule has 1 aromatic heterocycles. The second-order valence-corrected chi connectivity index (χ2v) is 5.24. The summed E-state index contributed by atoms with van der Waals surface area (Å²) in [4.78, 5) is 10.6. The van der Waals surface area contributed by atoms with Crippen LogP contribution in [0, 0.1) is 13.8 Å². The summed E-state index contributed by atoms with van der Waals surface area (Å²) >= 11 is 0. The average molecular weight is 301 g/mol. The molecule has 0 bridgehead atoms. The van der Waals surface area contributed by atoms with E-state index in [2.05, 4.69) is 56.5 Å². The fraction of sp³-hybridized carbons (Fsp3) is 0.438. The maximum absolute atomic E-state index is 5.10. The molecule has 1 N–H and O–H groups in total. The van der Waals surface area contributed by atoms with Crippen LogP contribution in [0.5, 0.6) is 0 Å². The molecule has 0 aliphatic carbocycles. The van der Waals surface area contributed by atoms with Crippen LogP contribution >= 0.6 is 0 Å². The lowest BCUT2D eigenvalue weighted by molar-refractivity contribution is 0.373. The van der Waals surface area contributed by atoms with Gasteiger partial charge in [0.1, 0.15) is 0 Å². The lowest BCUT2D eigenvalue weighted by Gasteiger charge is -2.22. The van der Waals surface area contributed by atoms with E-state index in [9.17, 15) is 0 Å². The van der Waals surface area contributed by atoms with Crippen LogP contribution in [0.2, 0.25) is 0 Å². The number of guanidine groups is 1. The SMILES string of the molecule is CN=C(NCCc1nc(C)no1)N(C)Cc1ccccc1C. The number of hydrogen-bond acceptors (Lipinski definition) is 4. The summed E-state index contributed by atoms with van der Waals surface area (Å²) in [5.41, 5.74) is 2.58. The van der Waals surface area contributed by atoms with Crippen molar-refractivity contribution >= 4 is 5.96 Å². The number of aromatic nitrogens is 2. The number of nitrogens with zero attached hydrogens (tertiary/aromatic N) is 4. The van der Waals surface area contributed by atoms with Crippen LogP contribution in [0.25, 0.3) is 0 Å². The van der Waals surface area contributed by atoms with Crippen molar-refractivity contribution in [2.24, 2.45) is 4.99 Å². The molecule has 0 saturated carbocycles. The summed E-state index contributed by atoms with van der Waals surface area (Å²) in [6.07, 6.45) is 0.679. The summed E-state index contributed by atoms with van der Waals surface area (Å²) in [6.45, 7) is 5.45. The number of aliphatic imine (C=N–C) groups is 1. The van der Waals surface area contributed by atoms with Gasteiger partial charge in [-0.15, -0.1) is 0 Å². The van der Waals surface area contributed by atoms with Gasteiger partial charge in [-0.1, -0.05) is 29.4 Å². The Morgan fingerprint density at radius 1 is 1.32 bits per heavy atom. The van der Waals surface area contributed by atoms with Gasteiger partial charge in [0.15, 0.2) is 11.8 Å². The quantitative estimate of drug-likeness (QED) is 0.675. The Kier molecular flexibility index (Phi) is 5.52. The third-order valence-electron chi connectivity index (χ3n) is 3.43. The molecule has 0 unspecified atom stereocenters. The fourth-order valence-corrected chi connectivity index (χ4v) is 2.23. The number of nitrogens with one attached hydrogen (secondary N) is 1. The maximum Gasteiger partial charge on any atom is 0.228 e. The molecule has 2 rings (SSSR count). The summed E-state index contributed by atoms with van der Waals surface area (Å²) in [5.74, 6) is 2.15. The maximum atomic E-state index is 5.10. The molecule has 0 fully saturated rings. The van der Waals surface area contributed by atoms with Gasteiger partial charge in [-0.3, -0.25) is 4.99 Å². The largest absolute Gasteiger partial charge is 0.356 e. The normalized spacial score (nSPS) is 11.5. The Morgan fingerprint density at radius 3 is 2.73 bits per heavy atom.